The molecule has 0 unspecified atom stereocenters. The third kappa shape index (κ3) is 3.31. The van der Waals surface area contributed by atoms with Gasteiger partial charge in [-0.3, -0.25) is 4.79 Å². The molecule has 1 N–H and O–H groups in total. The van der Waals surface area contributed by atoms with Gasteiger partial charge in [0, 0.05) is 16.3 Å². The SMILES string of the molecule is C[C@H](Sc1cccc(O)c1)C(=O)N1CCC[C@@H]1c1cccs1. The summed E-state index contributed by atoms with van der Waals surface area (Å²) in [6, 6.07) is 11.5. The van der Waals surface area contributed by atoms with Crippen LogP contribution in [0.15, 0.2) is 46.7 Å². The molecule has 0 bridgehead atoms. The number of phenolic OH excluding ortho intramolecular Hbond substituents is 1. The fourth-order valence-corrected chi connectivity index (χ4v) is 4.72. The number of thiophene rings is 1. The van der Waals surface area contributed by atoms with Crippen molar-refractivity contribution in [2.24, 2.45) is 0 Å². The molecule has 1 amide bonds. The molecule has 2 heterocycles. The summed E-state index contributed by atoms with van der Waals surface area (Å²) >= 11 is 3.23. The second-order valence-electron chi connectivity index (χ2n) is 5.46. The summed E-state index contributed by atoms with van der Waals surface area (Å²) in [7, 11) is 0. The van der Waals surface area contributed by atoms with Gasteiger partial charge in [-0.2, -0.15) is 0 Å². The summed E-state index contributed by atoms with van der Waals surface area (Å²) < 4.78 is 0. The first-order valence-electron chi connectivity index (χ1n) is 7.45. The van der Waals surface area contributed by atoms with E-state index in [0.717, 1.165) is 24.3 Å². The molecule has 3 rings (SSSR count). The molecule has 5 heteroatoms. The number of phenols is 1. The Morgan fingerprint density at radius 2 is 2.27 bits per heavy atom. The van der Waals surface area contributed by atoms with E-state index < -0.39 is 0 Å². The maximum atomic E-state index is 12.8. The number of rotatable bonds is 4. The van der Waals surface area contributed by atoms with Crippen molar-refractivity contribution in [2.45, 2.75) is 36.0 Å². The van der Waals surface area contributed by atoms with Gasteiger partial charge in [-0.1, -0.05) is 12.1 Å². The number of aromatic hydroxyl groups is 1. The molecule has 1 aliphatic rings. The van der Waals surface area contributed by atoms with Crippen LogP contribution in [0.2, 0.25) is 0 Å². The third-order valence-electron chi connectivity index (χ3n) is 3.89. The minimum Gasteiger partial charge on any atom is -0.508 e. The number of amides is 1. The van der Waals surface area contributed by atoms with Crippen molar-refractivity contribution >= 4 is 29.0 Å². The van der Waals surface area contributed by atoms with Crippen molar-refractivity contribution in [2.75, 3.05) is 6.54 Å². The Balaban J connectivity index is 1.70. The van der Waals surface area contributed by atoms with E-state index in [9.17, 15) is 9.90 Å². The van der Waals surface area contributed by atoms with Crippen LogP contribution in [0.4, 0.5) is 0 Å². The number of benzene rings is 1. The van der Waals surface area contributed by atoms with Gasteiger partial charge in [-0.15, -0.1) is 23.1 Å². The average molecular weight is 333 g/mol. The highest BCUT2D eigenvalue weighted by atomic mass is 32.2. The molecule has 0 radical (unpaired) electrons. The van der Waals surface area contributed by atoms with Crippen LogP contribution in [0, 0.1) is 0 Å². The lowest BCUT2D eigenvalue weighted by Gasteiger charge is -2.26. The normalized spacial score (nSPS) is 19.3. The summed E-state index contributed by atoms with van der Waals surface area (Å²) in [6.07, 6.45) is 2.12. The first-order valence-corrected chi connectivity index (χ1v) is 9.20. The molecule has 1 aromatic carbocycles. The molecule has 22 heavy (non-hydrogen) atoms. The second kappa shape index (κ2) is 6.75. The zero-order chi connectivity index (χ0) is 15.5. The maximum absolute atomic E-state index is 12.8. The molecule has 0 aliphatic carbocycles. The van der Waals surface area contributed by atoms with Crippen molar-refractivity contribution in [1.82, 2.24) is 4.90 Å². The summed E-state index contributed by atoms with van der Waals surface area (Å²) in [6.45, 7) is 2.78. The molecule has 3 nitrogen and oxygen atoms in total. The van der Waals surface area contributed by atoms with Crippen LogP contribution >= 0.6 is 23.1 Å². The van der Waals surface area contributed by atoms with Gasteiger partial charge in [0.05, 0.1) is 11.3 Å². The van der Waals surface area contributed by atoms with Crippen LogP contribution in [0.5, 0.6) is 5.75 Å². The Hall–Kier alpha value is -1.46. The molecular formula is C17H19NO2S2. The standard InChI is InChI=1S/C17H19NO2S2/c1-12(22-14-6-2-5-13(19)11-14)17(20)18-9-3-7-15(18)16-8-4-10-21-16/h2,4-6,8,10-12,15,19H,3,7,9H2,1H3/t12-,15+/m0/s1. The third-order valence-corrected chi connectivity index (χ3v) is 5.94. The van der Waals surface area contributed by atoms with Gasteiger partial charge in [-0.05, 0) is 49.4 Å². The predicted octanol–water partition coefficient (Wildman–Crippen LogP) is 4.30. The number of hydrogen-bond acceptors (Lipinski definition) is 4. The zero-order valence-electron chi connectivity index (χ0n) is 12.4. The topological polar surface area (TPSA) is 40.5 Å². The summed E-state index contributed by atoms with van der Waals surface area (Å²) in [5.41, 5.74) is 0. The van der Waals surface area contributed by atoms with Crippen LogP contribution < -0.4 is 0 Å². The molecule has 0 saturated carbocycles. The largest absolute Gasteiger partial charge is 0.508 e. The highest BCUT2D eigenvalue weighted by Crippen LogP contribution is 2.36. The monoisotopic (exact) mass is 333 g/mol. The Labute approximate surface area is 139 Å². The van der Waals surface area contributed by atoms with E-state index in [4.69, 9.17) is 0 Å². The lowest BCUT2D eigenvalue weighted by molar-refractivity contribution is -0.131. The minimum atomic E-state index is -0.151. The van der Waals surface area contributed by atoms with E-state index >= 15 is 0 Å². The predicted molar refractivity (Wildman–Crippen MR) is 91.4 cm³/mol. The fourth-order valence-electron chi connectivity index (χ4n) is 2.85. The van der Waals surface area contributed by atoms with E-state index in [1.165, 1.54) is 16.6 Å². The molecular weight excluding hydrogens is 314 g/mol. The number of carbonyl (C=O) groups is 1. The number of hydrogen-bond donors (Lipinski definition) is 1. The Morgan fingerprint density at radius 3 is 3.00 bits per heavy atom. The van der Waals surface area contributed by atoms with E-state index in [-0.39, 0.29) is 22.9 Å². The molecule has 1 aromatic heterocycles. The van der Waals surface area contributed by atoms with E-state index in [1.807, 2.05) is 24.0 Å². The number of nitrogens with zero attached hydrogens (tertiary/aromatic N) is 1. The van der Waals surface area contributed by atoms with Gasteiger partial charge in [0.1, 0.15) is 5.75 Å². The molecule has 1 saturated heterocycles. The van der Waals surface area contributed by atoms with Crippen molar-refractivity contribution < 1.29 is 9.90 Å². The Morgan fingerprint density at radius 1 is 1.41 bits per heavy atom. The van der Waals surface area contributed by atoms with Crippen LogP contribution in [-0.2, 0) is 4.79 Å². The van der Waals surface area contributed by atoms with Gasteiger partial charge in [0.25, 0.3) is 0 Å². The Kier molecular flexibility index (Phi) is 4.74. The number of thioether (sulfide) groups is 1. The van der Waals surface area contributed by atoms with Crippen molar-refractivity contribution in [3.63, 3.8) is 0 Å². The van der Waals surface area contributed by atoms with Crippen LogP contribution in [0.3, 0.4) is 0 Å². The average Bonchev–Trinajstić information content (AvgIpc) is 3.17. The van der Waals surface area contributed by atoms with E-state index in [0.29, 0.717) is 0 Å². The highest BCUT2D eigenvalue weighted by Gasteiger charge is 2.33. The molecule has 1 aliphatic heterocycles. The molecule has 2 aromatic rings. The summed E-state index contributed by atoms with van der Waals surface area (Å²) in [4.78, 5) is 17.0. The van der Waals surface area contributed by atoms with Gasteiger partial charge < -0.3 is 10.0 Å². The lowest BCUT2D eigenvalue weighted by atomic mass is 10.2. The summed E-state index contributed by atoms with van der Waals surface area (Å²) in [5, 5.41) is 11.5. The van der Waals surface area contributed by atoms with Gasteiger partial charge in [-0.25, -0.2) is 0 Å². The molecule has 116 valence electrons. The molecule has 2 atom stereocenters. The van der Waals surface area contributed by atoms with Crippen molar-refractivity contribution in [3.05, 3.63) is 46.7 Å². The number of carbonyl (C=O) groups excluding carboxylic acids is 1. The van der Waals surface area contributed by atoms with Crippen LogP contribution in [0.1, 0.15) is 30.7 Å². The second-order valence-corrected chi connectivity index (χ2v) is 7.86. The minimum absolute atomic E-state index is 0.151. The fraction of sp³-hybridized carbons (Fsp3) is 0.353. The van der Waals surface area contributed by atoms with E-state index in [2.05, 4.69) is 11.4 Å². The maximum Gasteiger partial charge on any atom is 0.236 e. The summed E-state index contributed by atoms with van der Waals surface area (Å²) in [5.74, 6) is 0.423. The van der Waals surface area contributed by atoms with Crippen molar-refractivity contribution in [1.29, 1.82) is 0 Å². The van der Waals surface area contributed by atoms with Crippen LogP contribution in [0.25, 0.3) is 0 Å². The van der Waals surface area contributed by atoms with Gasteiger partial charge >= 0.3 is 0 Å². The highest BCUT2D eigenvalue weighted by molar-refractivity contribution is 8.00. The van der Waals surface area contributed by atoms with Crippen LogP contribution in [-0.4, -0.2) is 27.7 Å². The van der Waals surface area contributed by atoms with E-state index in [1.54, 1.807) is 29.5 Å². The first-order chi connectivity index (χ1) is 10.6. The van der Waals surface area contributed by atoms with Gasteiger partial charge in [0.15, 0.2) is 0 Å². The quantitative estimate of drug-likeness (QED) is 0.848. The lowest BCUT2D eigenvalue weighted by Crippen LogP contribution is -2.35. The molecule has 1 fully saturated rings. The number of likely N-dealkylation sites (tertiary alicyclic amines) is 1. The Bertz CT molecular complexity index is 642. The molecule has 0 spiro atoms. The smallest absolute Gasteiger partial charge is 0.236 e. The zero-order valence-corrected chi connectivity index (χ0v) is 14.1. The van der Waals surface area contributed by atoms with Gasteiger partial charge in [0.2, 0.25) is 5.91 Å². The van der Waals surface area contributed by atoms with Crippen molar-refractivity contribution in [3.8, 4) is 5.75 Å². The first kappa shape index (κ1) is 15.4.